The molecule has 1 saturated carbocycles. The number of rotatable bonds is 6. The number of hydrogen-bond acceptors (Lipinski definition) is 2. The first-order valence-corrected chi connectivity index (χ1v) is 5.99. The lowest BCUT2D eigenvalue weighted by atomic mass is 10.0. The van der Waals surface area contributed by atoms with Gasteiger partial charge in [0.1, 0.15) is 0 Å². The molecule has 1 aliphatic rings. The van der Waals surface area contributed by atoms with Crippen molar-refractivity contribution in [3.05, 3.63) is 0 Å². The number of hydrogen-bond donors (Lipinski definition) is 2. The molecule has 2 atom stereocenters. The van der Waals surface area contributed by atoms with Crippen LogP contribution in [0.1, 0.15) is 40.0 Å². The van der Waals surface area contributed by atoms with E-state index in [1.165, 1.54) is 0 Å². The van der Waals surface area contributed by atoms with E-state index in [2.05, 4.69) is 26.1 Å². The van der Waals surface area contributed by atoms with Gasteiger partial charge in [-0.25, -0.2) is 0 Å². The van der Waals surface area contributed by atoms with E-state index in [4.69, 9.17) is 5.73 Å². The van der Waals surface area contributed by atoms with Gasteiger partial charge in [0.05, 0.1) is 0 Å². The predicted octanol–water partition coefficient (Wildman–Crippen LogP) is 1.52. The number of nitrogens with two attached hydrogens (primary N) is 1. The van der Waals surface area contributed by atoms with Crippen LogP contribution in [0.2, 0.25) is 0 Å². The van der Waals surface area contributed by atoms with Gasteiger partial charge in [-0.2, -0.15) is 0 Å². The lowest BCUT2D eigenvalue weighted by Crippen LogP contribution is -2.32. The molecule has 15 heavy (non-hydrogen) atoms. The molecule has 3 heteroatoms. The van der Waals surface area contributed by atoms with Crippen molar-refractivity contribution in [3.63, 3.8) is 0 Å². The summed E-state index contributed by atoms with van der Waals surface area (Å²) in [6.45, 7) is 7.94. The zero-order chi connectivity index (χ0) is 11.5. The molecule has 0 aromatic rings. The summed E-state index contributed by atoms with van der Waals surface area (Å²) in [7, 11) is 0. The summed E-state index contributed by atoms with van der Waals surface area (Å²) in [6.07, 6.45) is 3.13. The Kier molecular flexibility index (Phi) is 4.14. The third-order valence-corrected chi connectivity index (χ3v) is 3.55. The SMILES string of the molecule is CCC(CCN)CNC(=O)C1CC1(C)C. The fraction of sp³-hybridized carbons (Fsp3) is 0.917. The maximum atomic E-state index is 11.7. The minimum absolute atomic E-state index is 0.232. The largest absolute Gasteiger partial charge is 0.356 e. The Bertz CT molecular complexity index is 226. The smallest absolute Gasteiger partial charge is 0.223 e. The predicted molar refractivity (Wildman–Crippen MR) is 62.4 cm³/mol. The van der Waals surface area contributed by atoms with Crippen LogP contribution >= 0.6 is 0 Å². The molecule has 0 heterocycles. The van der Waals surface area contributed by atoms with Crippen LogP contribution in [0.4, 0.5) is 0 Å². The summed E-state index contributed by atoms with van der Waals surface area (Å²) in [4.78, 5) is 11.7. The summed E-state index contributed by atoms with van der Waals surface area (Å²) < 4.78 is 0. The number of carbonyl (C=O) groups excluding carboxylic acids is 1. The molecular weight excluding hydrogens is 188 g/mol. The van der Waals surface area contributed by atoms with Crippen LogP contribution < -0.4 is 11.1 Å². The van der Waals surface area contributed by atoms with Gasteiger partial charge in [0, 0.05) is 12.5 Å². The maximum absolute atomic E-state index is 11.7. The molecule has 0 spiro atoms. The fourth-order valence-electron chi connectivity index (χ4n) is 1.97. The van der Waals surface area contributed by atoms with E-state index in [-0.39, 0.29) is 17.2 Å². The van der Waals surface area contributed by atoms with Gasteiger partial charge in [0.25, 0.3) is 0 Å². The quantitative estimate of drug-likeness (QED) is 0.701. The highest BCUT2D eigenvalue weighted by Crippen LogP contribution is 2.51. The topological polar surface area (TPSA) is 55.1 Å². The van der Waals surface area contributed by atoms with Crippen molar-refractivity contribution >= 4 is 5.91 Å². The van der Waals surface area contributed by atoms with E-state index in [1.54, 1.807) is 0 Å². The van der Waals surface area contributed by atoms with Crippen molar-refractivity contribution in [2.75, 3.05) is 13.1 Å². The van der Waals surface area contributed by atoms with Crippen molar-refractivity contribution in [2.24, 2.45) is 23.0 Å². The molecule has 0 aliphatic heterocycles. The summed E-state index contributed by atoms with van der Waals surface area (Å²) >= 11 is 0. The number of nitrogens with one attached hydrogen (secondary N) is 1. The van der Waals surface area contributed by atoms with E-state index < -0.39 is 0 Å². The molecule has 1 amide bonds. The summed E-state index contributed by atoms with van der Waals surface area (Å²) in [5, 5.41) is 3.04. The van der Waals surface area contributed by atoms with Crippen molar-refractivity contribution in [2.45, 2.75) is 40.0 Å². The third-order valence-electron chi connectivity index (χ3n) is 3.55. The second kappa shape index (κ2) is 4.97. The molecule has 1 rings (SSSR count). The molecule has 0 bridgehead atoms. The van der Waals surface area contributed by atoms with E-state index in [0.717, 1.165) is 25.8 Å². The van der Waals surface area contributed by atoms with Crippen LogP contribution in [0.15, 0.2) is 0 Å². The Balaban J connectivity index is 2.22. The Morgan fingerprint density at radius 3 is 2.60 bits per heavy atom. The van der Waals surface area contributed by atoms with Gasteiger partial charge in [-0.1, -0.05) is 27.2 Å². The van der Waals surface area contributed by atoms with Crippen molar-refractivity contribution < 1.29 is 4.79 Å². The van der Waals surface area contributed by atoms with Crippen molar-refractivity contribution in [3.8, 4) is 0 Å². The normalized spacial score (nSPS) is 24.7. The molecule has 2 unspecified atom stereocenters. The first kappa shape index (κ1) is 12.5. The highest BCUT2D eigenvalue weighted by molar-refractivity contribution is 5.82. The minimum atomic E-state index is 0.232. The molecule has 1 fully saturated rings. The second-order valence-electron chi connectivity index (χ2n) is 5.34. The molecule has 1 aliphatic carbocycles. The fourth-order valence-corrected chi connectivity index (χ4v) is 1.97. The monoisotopic (exact) mass is 212 g/mol. The summed E-state index contributed by atoms with van der Waals surface area (Å²) in [5.41, 5.74) is 5.75. The van der Waals surface area contributed by atoms with Gasteiger partial charge in [0.2, 0.25) is 5.91 Å². The van der Waals surface area contributed by atoms with Gasteiger partial charge in [-0.15, -0.1) is 0 Å². The zero-order valence-corrected chi connectivity index (χ0v) is 10.2. The van der Waals surface area contributed by atoms with Crippen LogP contribution in [0.3, 0.4) is 0 Å². The van der Waals surface area contributed by atoms with E-state index >= 15 is 0 Å². The lowest BCUT2D eigenvalue weighted by molar-refractivity contribution is -0.123. The van der Waals surface area contributed by atoms with Crippen LogP contribution in [0.25, 0.3) is 0 Å². The molecule has 88 valence electrons. The van der Waals surface area contributed by atoms with Crippen molar-refractivity contribution in [1.29, 1.82) is 0 Å². The third kappa shape index (κ3) is 3.49. The highest BCUT2D eigenvalue weighted by Gasteiger charge is 2.50. The maximum Gasteiger partial charge on any atom is 0.223 e. The van der Waals surface area contributed by atoms with Crippen LogP contribution in [-0.4, -0.2) is 19.0 Å². The molecule has 0 saturated heterocycles. The van der Waals surface area contributed by atoms with Crippen LogP contribution in [-0.2, 0) is 4.79 Å². The molecule has 3 nitrogen and oxygen atoms in total. The van der Waals surface area contributed by atoms with E-state index in [0.29, 0.717) is 12.5 Å². The Morgan fingerprint density at radius 1 is 1.60 bits per heavy atom. The molecule has 3 N–H and O–H groups in total. The Morgan fingerprint density at radius 2 is 2.20 bits per heavy atom. The highest BCUT2D eigenvalue weighted by atomic mass is 16.2. The van der Waals surface area contributed by atoms with Crippen molar-refractivity contribution in [1.82, 2.24) is 5.32 Å². The van der Waals surface area contributed by atoms with Gasteiger partial charge in [0.15, 0.2) is 0 Å². The van der Waals surface area contributed by atoms with E-state index in [9.17, 15) is 4.79 Å². The first-order chi connectivity index (χ1) is 7.01. The van der Waals surface area contributed by atoms with Gasteiger partial charge >= 0.3 is 0 Å². The zero-order valence-electron chi connectivity index (χ0n) is 10.2. The van der Waals surface area contributed by atoms with Crippen LogP contribution in [0.5, 0.6) is 0 Å². The second-order valence-corrected chi connectivity index (χ2v) is 5.34. The molecule has 0 aromatic carbocycles. The van der Waals surface area contributed by atoms with Crippen LogP contribution in [0, 0.1) is 17.3 Å². The lowest BCUT2D eigenvalue weighted by Gasteiger charge is -2.14. The number of carbonyl (C=O) groups is 1. The average Bonchev–Trinajstić information content (AvgIpc) is 2.82. The first-order valence-electron chi connectivity index (χ1n) is 5.99. The molecule has 0 aromatic heterocycles. The standard InChI is InChI=1S/C12H24N2O/c1-4-9(5-6-13)8-14-11(15)10-7-12(10,2)3/h9-10H,4-8,13H2,1-3H3,(H,14,15). The average molecular weight is 212 g/mol. The summed E-state index contributed by atoms with van der Waals surface area (Å²) in [6, 6.07) is 0. The molecular formula is C12H24N2O. The van der Waals surface area contributed by atoms with Gasteiger partial charge in [-0.3, -0.25) is 4.79 Å². The van der Waals surface area contributed by atoms with Gasteiger partial charge < -0.3 is 11.1 Å². The molecule has 0 radical (unpaired) electrons. The number of amides is 1. The van der Waals surface area contributed by atoms with E-state index in [1.807, 2.05) is 0 Å². The summed E-state index contributed by atoms with van der Waals surface area (Å²) in [5.74, 6) is 1.02. The Hall–Kier alpha value is -0.570. The minimum Gasteiger partial charge on any atom is -0.356 e. The van der Waals surface area contributed by atoms with Gasteiger partial charge in [-0.05, 0) is 30.7 Å². The Labute approximate surface area is 92.8 Å².